The maximum atomic E-state index is 12.5. The monoisotopic (exact) mass is 296 g/mol. The van der Waals surface area contributed by atoms with Crippen molar-refractivity contribution < 1.29 is 4.79 Å². The van der Waals surface area contributed by atoms with Crippen LogP contribution in [-0.4, -0.2) is 17.0 Å². The molecule has 1 aromatic rings. The second-order valence-electron chi connectivity index (χ2n) is 5.02. The predicted octanol–water partition coefficient (Wildman–Crippen LogP) is 2.73. The number of hydrogen-bond donors (Lipinski definition) is 1. The van der Waals surface area contributed by atoms with Gasteiger partial charge in [0.1, 0.15) is 0 Å². The zero-order chi connectivity index (χ0) is 11.8. The lowest BCUT2D eigenvalue weighted by Crippen LogP contribution is -2.28. The largest absolute Gasteiger partial charge is 0.312 e. The van der Waals surface area contributed by atoms with Crippen molar-refractivity contribution in [3.63, 3.8) is 0 Å². The minimum atomic E-state index is 0.248. The summed E-state index contributed by atoms with van der Waals surface area (Å²) < 4.78 is 2.86. The van der Waals surface area contributed by atoms with E-state index in [1.165, 1.54) is 24.1 Å². The van der Waals surface area contributed by atoms with Crippen LogP contribution in [0.15, 0.2) is 10.7 Å². The molecule has 2 aliphatic rings. The van der Waals surface area contributed by atoms with Crippen molar-refractivity contribution in [2.24, 2.45) is 5.92 Å². The molecule has 2 heterocycles. The quantitative estimate of drug-likeness (QED) is 0.865. The van der Waals surface area contributed by atoms with Crippen LogP contribution in [0.2, 0.25) is 0 Å². The van der Waals surface area contributed by atoms with Crippen molar-refractivity contribution in [3.8, 4) is 0 Å². The zero-order valence-corrected chi connectivity index (χ0v) is 11.4. The summed E-state index contributed by atoms with van der Waals surface area (Å²) in [6.45, 7) is 1.86. The molecular formula is C13H17BrN2O. The minimum Gasteiger partial charge on any atom is -0.312 e. The van der Waals surface area contributed by atoms with Gasteiger partial charge < -0.3 is 5.32 Å². The highest BCUT2D eigenvalue weighted by atomic mass is 79.9. The summed E-state index contributed by atoms with van der Waals surface area (Å²) in [5.74, 6) is 0.551. The first-order valence-corrected chi connectivity index (χ1v) is 7.20. The first-order valence-electron chi connectivity index (χ1n) is 6.41. The Morgan fingerprint density at radius 1 is 1.41 bits per heavy atom. The summed E-state index contributed by atoms with van der Waals surface area (Å²) in [5.41, 5.74) is 2.49. The van der Waals surface area contributed by atoms with E-state index in [1.807, 2.05) is 4.57 Å². The summed E-state index contributed by atoms with van der Waals surface area (Å²) >= 11 is 3.54. The van der Waals surface area contributed by atoms with E-state index in [0.29, 0.717) is 5.91 Å². The van der Waals surface area contributed by atoms with E-state index >= 15 is 0 Å². The van der Waals surface area contributed by atoms with Crippen LogP contribution in [0.4, 0.5) is 0 Å². The zero-order valence-electron chi connectivity index (χ0n) is 9.84. The summed E-state index contributed by atoms with van der Waals surface area (Å²) in [6.07, 6.45) is 5.50. The Morgan fingerprint density at radius 3 is 2.94 bits per heavy atom. The average Bonchev–Trinajstić information content (AvgIpc) is 2.94. The predicted molar refractivity (Wildman–Crippen MR) is 70.1 cm³/mol. The molecule has 1 fully saturated rings. The highest BCUT2D eigenvalue weighted by Crippen LogP contribution is 2.30. The molecule has 17 heavy (non-hydrogen) atoms. The van der Waals surface area contributed by atoms with E-state index in [9.17, 15) is 4.79 Å². The van der Waals surface area contributed by atoms with Crippen molar-refractivity contribution >= 4 is 21.8 Å². The van der Waals surface area contributed by atoms with Crippen LogP contribution in [0.5, 0.6) is 0 Å². The normalized spacial score (nSPS) is 20.5. The van der Waals surface area contributed by atoms with E-state index in [-0.39, 0.29) is 5.92 Å². The maximum Gasteiger partial charge on any atom is 0.234 e. The molecule has 4 heteroatoms. The number of carbonyl (C=O) groups is 1. The third kappa shape index (κ3) is 1.97. The van der Waals surface area contributed by atoms with Crippen molar-refractivity contribution in [2.75, 3.05) is 6.54 Å². The van der Waals surface area contributed by atoms with Crippen molar-refractivity contribution in [3.05, 3.63) is 21.9 Å². The highest BCUT2D eigenvalue weighted by Gasteiger charge is 2.28. The van der Waals surface area contributed by atoms with Gasteiger partial charge in [0, 0.05) is 31.1 Å². The molecule has 0 unspecified atom stereocenters. The van der Waals surface area contributed by atoms with Crippen molar-refractivity contribution in [1.82, 2.24) is 9.88 Å². The van der Waals surface area contributed by atoms with Crippen LogP contribution in [0.25, 0.3) is 0 Å². The average molecular weight is 297 g/mol. The van der Waals surface area contributed by atoms with Gasteiger partial charge in [-0.3, -0.25) is 9.36 Å². The Morgan fingerprint density at radius 2 is 2.18 bits per heavy atom. The molecule has 0 saturated heterocycles. The molecule has 1 aromatic heterocycles. The molecular weight excluding hydrogens is 280 g/mol. The third-order valence-corrected chi connectivity index (χ3v) is 4.51. The van der Waals surface area contributed by atoms with E-state index < -0.39 is 0 Å². The number of carbonyl (C=O) groups excluding carboxylic acids is 1. The molecule has 1 aliphatic heterocycles. The van der Waals surface area contributed by atoms with E-state index in [2.05, 4.69) is 27.3 Å². The van der Waals surface area contributed by atoms with Gasteiger partial charge in [-0.15, -0.1) is 0 Å². The number of aromatic nitrogens is 1. The molecule has 0 amide bonds. The lowest BCUT2D eigenvalue weighted by molar-refractivity contribution is 0.0831. The molecule has 0 aromatic carbocycles. The molecule has 1 saturated carbocycles. The van der Waals surface area contributed by atoms with Crippen LogP contribution < -0.4 is 5.32 Å². The van der Waals surface area contributed by atoms with Crippen LogP contribution in [0, 0.1) is 5.92 Å². The summed E-state index contributed by atoms with van der Waals surface area (Å²) in [7, 11) is 0. The first kappa shape index (κ1) is 11.5. The molecule has 3 rings (SSSR count). The Hall–Kier alpha value is -0.610. The summed E-state index contributed by atoms with van der Waals surface area (Å²) in [6, 6.07) is 2.09. The van der Waals surface area contributed by atoms with Gasteiger partial charge in [-0.05, 0) is 40.4 Å². The molecule has 3 nitrogen and oxygen atoms in total. The SMILES string of the molecule is O=C(C1CCCC1)n1c(Br)cc2c1CCNC2. The van der Waals surface area contributed by atoms with Crippen LogP contribution in [-0.2, 0) is 13.0 Å². The van der Waals surface area contributed by atoms with Crippen LogP contribution >= 0.6 is 15.9 Å². The van der Waals surface area contributed by atoms with Gasteiger partial charge in [-0.1, -0.05) is 12.8 Å². The van der Waals surface area contributed by atoms with Gasteiger partial charge >= 0.3 is 0 Å². The van der Waals surface area contributed by atoms with Gasteiger partial charge in [0.15, 0.2) is 0 Å². The number of hydrogen-bond acceptors (Lipinski definition) is 2. The molecule has 0 bridgehead atoms. The Labute approximate surface area is 110 Å². The lowest BCUT2D eigenvalue weighted by Gasteiger charge is -2.18. The number of nitrogens with one attached hydrogen (secondary N) is 1. The Kier molecular flexibility index (Phi) is 3.09. The second kappa shape index (κ2) is 4.58. The van der Waals surface area contributed by atoms with Gasteiger partial charge in [0.05, 0.1) is 4.60 Å². The second-order valence-corrected chi connectivity index (χ2v) is 5.83. The maximum absolute atomic E-state index is 12.5. The summed E-state index contributed by atoms with van der Waals surface area (Å²) in [4.78, 5) is 12.5. The number of halogens is 1. The van der Waals surface area contributed by atoms with Crippen molar-refractivity contribution in [1.29, 1.82) is 0 Å². The summed E-state index contributed by atoms with van der Waals surface area (Å²) in [5, 5.41) is 3.34. The topological polar surface area (TPSA) is 34.0 Å². The van der Waals surface area contributed by atoms with Crippen LogP contribution in [0.1, 0.15) is 41.7 Å². The first-order chi connectivity index (χ1) is 8.27. The van der Waals surface area contributed by atoms with Gasteiger partial charge in [0.2, 0.25) is 5.91 Å². The number of nitrogens with zero attached hydrogens (tertiary/aromatic N) is 1. The number of fused-ring (bicyclic) bond motifs is 1. The molecule has 0 spiro atoms. The van der Waals surface area contributed by atoms with E-state index in [0.717, 1.165) is 37.0 Å². The molecule has 0 atom stereocenters. The minimum absolute atomic E-state index is 0.248. The smallest absolute Gasteiger partial charge is 0.234 e. The fourth-order valence-corrected chi connectivity index (χ4v) is 3.68. The Bertz CT molecular complexity index is 447. The molecule has 0 radical (unpaired) electrons. The third-order valence-electron chi connectivity index (χ3n) is 3.93. The fourth-order valence-electron chi connectivity index (χ4n) is 3.01. The molecule has 1 aliphatic carbocycles. The Balaban J connectivity index is 1.96. The lowest BCUT2D eigenvalue weighted by atomic mass is 10.1. The van der Waals surface area contributed by atoms with Crippen LogP contribution in [0.3, 0.4) is 0 Å². The fraction of sp³-hybridized carbons (Fsp3) is 0.615. The van der Waals surface area contributed by atoms with E-state index in [4.69, 9.17) is 0 Å². The number of rotatable bonds is 1. The highest BCUT2D eigenvalue weighted by molar-refractivity contribution is 9.10. The molecule has 92 valence electrons. The molecule has 1 N–H and O–H groups in total. The van der Waals surface area contributed by atoms with Gasteiger partial charge in [-0.25, -0.2) is 0 Å². The van der Waals surface area contributed by atoms with E-state index in [1.54, 1.807) is 0 Å². The standard InChI is InChI=1S/C13H17BrN2O/c14-12-7-10-8-15-6-5-11(10)16(12)13(17)9-3-1-2-4-9/h7,9,15H,1-6,8H2. The van der Waals surface area contributed by atoms with Gasteiger partial charge in [0.25, 0.3) is 0 Å². The van der Waals surface area contributed by atoms with Gasteiger partial charge in [-0.2, -0.15) is 0 Å². The van der Waals surface area contributed by atoms with Crippen molar-refractivity contribution in [2.45, 2.75) is 38.6 Å².